The minimum Gasteiger partial charge on any atom is -0.507 e. The Hall–Kier alpha value is -2.38. The van der Waals surface area contributed by atoms with Crippen LogP contribution >= 0.6 is 0 Å². The highest BCUT2D eigenvalue weighted by molar-refractivity contribution is 5.76. The predicted octanol–water partition coefficient (Wildman–Crippen LogP) is 1.50. The molecule has 1 saturated heterocycles. The fourth-order valence-corrected chi connectivity index (χ4v) is 4.64. The third kappa shape index (κ3) is 3.11. The lowest BCUT2D eigenvalue weighted by Crippen LogP contribution is -2.59. The summed E-state index contributed by atoms with van der Waals surface area (Å²) < 4.78 is 0. The average Bonchev–Trinajstić information content (AvgIpc) is 2.66. The molecule has 1 atom stereocenters. The Labute approximate surface area is 159 Å². The molecule has 1 aliphatic carbocycles. The number of piperazine rings is 1. The Balaban J connectivity index is 1.35. The van der Waals surface area contributed by atoms with Crippen molar-refractivity contribution in [3.8, 4) is 17.0 Å². The monoisotopic (exact) mass is 366 g/mol. The van der Waals surface area contributed by atoms with E-state index in [0.29, 0.717) is 17.8 Å². The van der Waals surface area contributed by atoms with Crippen LogP contribution in [0.2, 0.25) is 0 Å². The van der Waals surface area contributed by atoms with Crippen molar-refractivity contribution >= 4 is 11.5 Å². The molecule has 3 aliphatic rings. The van der Waals surface area contributed by atoms with E-state index in [1.165, 1.54) is 19.4 Å². The number of nitrogens with two attached hydrogens (primary N) is 1. The fourth-order valence-electron chi connectivity index (χ4n) is 4.64. The van der Waals surface area contributed by atoms with E-state index >= 15 is 0 Å². The van der Waals surface area contributed by atoms with Crippen molar-refractivity contribution in [2.24, 2.45) is 11.7 Å². The van der Waals surface area contributed by atoms with Gasteiger partial charge in [0.1, 0.15) is 5.75 Å². The summed E-state index contributed by atoms with van der Waals surface area (Å²) in [4.78, 5) is 5.04. The first kappa shape index (κ1) is 16.8. The van der Waals surface area contributed by atoms with Crippen LogP contribution in [-0.2, 0) is 0 Å². The Kier molecular flexibility index (Phi) is 4.13. The highest BCUT2D eigenvalue weighted by Gasteiger charge is 2.35. The smallest absolute Gasteiger partial charge is 0.172 e. The van der Waals surface area contributed by atoms with Crippen molar-refractivity contribution in [2.45, 2.75) is 24.9 Å². The molecule has 0 amide bonds. The molecule has 7 nitrogen and oxygen atoms in total. The van der Waals surface area contributed by atoms with Crippen LogP contribution in [-0.4, -0.2) is 65.0 Å². The van der Waals surface area contributed by atoms with Crippen LogP contribution in [0.1, 0.15) is 12.8 Å². The number of phenolic OH excluding ortho intramolecular Hbond substituents is 1. The zero-order chi connectivity index (χ0) is 18.4. The number of hydrogen-bond acceptors (Lipinski definition) is 7. The van der Waals surface area contributed by atoms with E-state index in [1.807, 2.05) is 18.2 Å². The summed E-state index contributed by atoms with van der Waals surface area (Å²) in [6.07, 6.45) is 2.34. The summed E-state index contributed by atoms with van der Waals surface area (Å²) in [7, 11) is 0. The van der Waals surface area contributed by atoms with E-state index in [1.54, 1.807) is 6.07 Å². The van der Waals surface area contributed by atoms with Crippen LogP contribution in [0.5, 0.6) is 5.75 Å². The minimum atomic E-state index is 0.232. The Morgan fingerprint density at radius 2 is 2.04 bits per heavy atom. The topological polar surface area (TPSA) is 90.5 Å². The summed E-state index contributed by atoms with van der Waals surface area (Å²) >= 11 is 0. The molecule has 2 fully saturated rings. The van der Waals surface area contributed by atoms with E-state index in [0.717, 1.165) is 49.2 Å². The molecule has 27 heavy (non-hydrogen) atoms. The second-order valence-corrected chi connectivity index (χ2v) is 8.07. The van der Waals surface area contributed by atoms with E-state index < -0.39 is 0 Å². The number of aromatic nitrogens is 2. The summed E-state index contributed by atoms with van der Waals surface area (Å²) in [6, 6.07) is 10.2. The maximum Gasteiger partial charge on any atom is 0.172 e. The van der Waals surface area contributed by atoms with Gasteiger partial charge in [-0.2, -0.15) is 0 Å². The van der Waals surface area contributed by atoms with Crippen molar-refractivity contribution in [1.29, 1.82) is 0 Å². The fraction of sp³-hybridized carbons (Fsp3) is 0.500. The van der Waals surface area contributed by atoms with Gasteiger partial charge in [-0.25, -0.2) is 0 Å². The quantitative estimate of drug-likeness (QED) is 0.758. The highest BCUT2D eigenvalue weighted by Crippen LogP contribution is 2.36. The van der Waals surface area contributed by atoms with Gasteiger partial charge >= 0.3 is 0 Å². The van der Waals surface area contributed by atoms with Gasteiger partial charge in [-0.05, 0) is 37.0 Å². The normalized spacial score (nSPS) is 27.3. The van der Waals surface area contributed by atoms with Crippen molar-refractivity contribution in [2.75, 3.05) is 42.9 Å². The number of anilines is 2. The maximum atomic E-state index is 10.2. The van der Waals surface area contributed by atoms with Gasteiger partial charge in [0, 0.05) is 44.3 Å². The van der Waals surface area contributed by atoms with Crippen molar-refractivity contribution < 1.29 is 5.11 Å². The second kappa shape index (κ2) is 6.65. The van der Waals surface area contributed by atoms with Gasteiger partial charge < -0.3 is 21.1 Å². The zero-order valence-electron chi connectivity index (χ0n) is 15.4. The van der Waals surface area contributed by atoms with Crippen molar-refractivity contribution in [3.05, 3.63) is 30.3 Å². The van der Waals surface area contributed by atoms with Gasteiger partial charge in [-0.15, -0.1) is 10.2 Å². The van der Waals surface area contributed by atoms with Gasteiger partial charge in [0.2, 0.25) is 0 Å². The lowest BCUT2D eigenvalue weighted by atomic mass is 9.80. The van der Waals surface area contributed by atoms with Crippen LogP contribution in [0.3, 0.4) is 0 Å². The summed E-state index contributed by atoms with van der Waals surface area (Å²) in [5.41, 5.74) is 8.45. The molecule has 2 aliphatic heterocycles. The molecule has 4 N–H and O–H groups in total. The number of hydrogen-bond donors (Lipinski definition) is 3. The zero-order valence-corrected chi connectivity index (χ0v) is 15.4. The number of rotatable bonds is 3. The van der Waals surface area contributed by atoms with Crippen LogP contribution in [0.25, 0.3) is 11.3 Å². The van der Waals surface area contributed by atoms with Crippen LogP contribution in [0.4, 0.5) is 11.5 Å². The third-order valence-corrected chi connectivity index (χ3v) is 6.12. The molecule has 1 aromatic carbocycles. The number of benzene rings is 1. The van der Waals surface area contributed by atoms with Crippen LogP contribution < -0.4 is 16.0 Å². The lowest BCUT2D eigenvalue weighted by Gasteiger charge is -2.47. The molecule has 0 radical (unpaired) electrons. The Morgan fingerprint density at radius 1 is 1.19 bits per heavy atom. The summed E-state index contributed by atoms with van der Waals surface area (Å²) in [5, 5.41) is 22.3. The standard InChI is InChI=1S/C20H26N6O/c21-14-7-13(8-14)11-25-5-6-26-15(12-25)10-22-20-18(26)9-17(23-24-20)16-3-1-2-4-19(16)27/h1-4,9,13-15,27H,5-8,10-12,21H2,(H,22,24)/t13?,14?,15-/m0/s1. The van der Waals surface area contributed by atoms with Crippen LogP contribution in [0.15, 0.2) is 30.3 Å². The lowest BCUT2D eigenvalue weighted by molar-refractivity contribution is 0.141. The minimum absolute atomic E-state index is 0.232. The maximum absolute atomic E-state index is 10.2. The number of fused-ring (bicyclic) bond motifs is 3. The van der Waals surface area contributed by atoms with E-state index in [-0.39, 0.29) is 5.75 Å². The SMILES string of the molecule is NC1CC(CN2CCN3c4cc(-c5ccccc5O)nnc4NC[C@H]3C2)C1. The highest BCUT2D eigenvalue weighted by atomic mass is 16.3. The number of phenols is 1. The molecule has 1 saturated carbocycles. The molecule has 1 aromatic heterocycles. The third-order valence-electron chi connectivity index (χ3n) is 6.12. The molecular weight excluding hydrogens is 340 g/mol. The predicted molar refractivity (Wildman–Crippen MR) is 106 cm³/mol. The molecule has 5 rings (SSSR count). The molecule has 3 heterocycles. The summed E-state index contributed by atoms with van der Waals surface area (Å²) in [5.74, 6) is 1.84. The largest absolute Gasteiger partial charge is 0.507 e. The number of aromatic hydroxyl groups is 1. The van der Waals surface area contributed by atoms with Crippen LogP contribution in [0, 0.1) is 5.92 Å². The van der Waals surface area contributed by atoms with Gasteiger partial charge in [-0.1, -0.05) is 12.1 Å². The van der Waals surface area contributed by atoms with E-state index in [9.17, 15) is 5.11 Å². The first-order valence-electron chi connectivity index (χ1n) is 9.82. The van der Waals surface area contributed by atoms with Gasteiger partial charge in [0.25, 0.3) is 0 Å². The molecule has 142 valence electrons. The van der Waals surface area contributed by atoms with Gasteiger partial charge in [-0.3, -0.25) is 4.90 Å². The van der Waals surface area contributed by atoms with Gasteiger partial charge in [0.05, 0.1) is 17.4 Å². The molecule has 0 unspecified atom stereocenters. The van der Waals surface area contributed by atoms with Gasteiger partial charge in [0.15, 0.2) is 5.82 Å². The molecular formula is C20H26N6O. The number of nitrogens with zero attached hydrogens (tertiary/aromatic N) is 4. The Bertz CT molecular complexity index is 837. The van der Waals surface area contributed by atoms with Crippen molar-refractivity contribution in [3.63, 3.8) is 0 Å². The van der Waals surface area contributed by atoms with E-state index in [2.05, 4.69) is 31.4 Å². The first-order chi connectivity index (χ1) is 13.2. The summed E-state index contributed by atoms with van der Waals surface area (Å²) in [6.45, 7) is 5.17. The molecule has 7 heteroatoms. The number of para-hydroxylation sites is 1. The number of nitrogens with one attached hydrogen (secondary N) is 1. The van der Waals surface area contributed by atoms with E-state index in [4.69, 9.17) is 5.73 Å². The molecule has 2 aromatic rings. The average molecular weight is 366 g/mol. The van der Waals surface area contributed by atoms with Crippen molar-refractivity contribution in [1.82, 2.24) is 15.1 Å². The second-order valence-electron chi connectivity index (χ2n) is 8.07. The molecule has 0 spiro atoms. The molecule has 0 bridgehead atoms. The first-order valence-corrected chi connectivity index (χ1v) is 9.82. The Morgan fingerprint density at radius 3 is 2.85 bits per heavy atom.